The van der Waals surface area contributed by atoms with Gasteiger partial charge in [-0.15, -0.1) is 6.58 Å². The van der Waals surface area contributed by atoms with Crippen molar-refractivity contribution in [3.63, 3.8) is 0 Å². The van der Waals surface area contributed by atoms with Crippen molar-refractivity contribution in [3.8, 4) is 0 Å². The quantitative estimate of drug-likeness (QED) is 0.585. The van der Waals surface area contributed by atoms with Gasteiger partial charge in [-0.2, -0.15) is 0 Å². The number of nitrogens with zero attached hydrogens (tertiary/aromatic N) is 1. The van der Waals surface area contributed by atoms with Crippen molar-refractivity contribution in [2.45, 2.75) is 31.4 Å². The molecular formula is C21H20ClF2NO2. The molecular weight excluding hydrogens is 372 g/mol. The molecule has 0 N–H and O–H groups in total. The molecule has 6 heteroatoms. The molecule has 142 valence electrons. The van der Waals surface area contributed by atoms with Gasteiger partial charge in [0.1, 0.15) is 17.2 Å². The summed E-state index contributed by atoms with van der Waals surface area (Å²) in [7, 11) is 0. The van der Waals surface area contributed by atoms with Crippen LogP contribution in [0.2, 0.25) is 5.02 Å². The van der Waals surface area contributed by atoms with E-state index < -0.39 is 17.5 Å². The Kier molecular flexibility index (Phi) is 5.51. The number of hydrogen-bond donors (Lipinski definition) is 0. The van der Waals surface area contributed by atoms with Gasteiger partial charge in [0, 0.05) is 19.4 Å². The minimum Gasteiger partial charge on any atom is -0.437 e. The van der Waals surface area contributed by atoms with Crippen LogP contribution < -0.4 is 0 Å². The second-order valence-electron chi connectivity index (χ2n) is 6.65. The van der Waals surface area contributed by atoms with Crippen LogP contribution in [-0.2, 0) is 10.3 Å². The normalized spacial score (nSPS) is 20.9. The molecule has 1 aliphatic rings. The fourth-order valence-corrected chi connectivity index (χ4v) is 3.54. The van der Waals surface area contributed by atoms with Gasteiger partial charge in [0.05, 0.1) is 11.1 Å². The Morgan fingerprint density at radius 1 is 1.30 bits per heavy atom. The minimum atomic E-state index is -0.881. The minimum absolute atomic E-state index is 0.0356. The standard InChI is InChI=1S/C21H20ClF2NO2/c1-3-10-21(16-5-7-17(23)8-6-16)11-12-25(20(26)27-21)14(2)15-4-9-18(22)19(24)13-15/h3-9,13-14H,1,10-12H2,2H3/t14-,21-/m1/s1. The summed E-state index contributed by atoms with van der Waals surface area (Å²) in [5.74, 6) is -0.881. The summed E-state index contributed by atoms with van der Waals surface area (Å²) in [5, 5.41) is 0.0356. The first-order valence-electron chi connectivity index (χ1n) is 8.68. The molecule has 1 aliphatic heterocycles. The summed E-state index contributed by atoms with van der Waals surface area (Å²) in [6.45, 7) is 5.97. The first-order valence-corrected chi connectivity index (χ1v) is 9.05. The zero-order valence-electron chi connectivity index (χ0n) is 14.9. The molecule has 0 aliphatic carbocycles. The zero-order chi connectivity index (χ0) is 19.6. The maximum Gasteiger partial charge on any atom is 0.411 e. The highest BCUT2D eigenvalue weighted by molar-refractivity contribution is 6.30. The van der Waals surface area contributed by atoms with Gasteiger partial charge in [-0.05, 0) is 42.3 Å². The number of hydrogen-bond acceptors (Lipinski definition) is 2. The Morgan fingerprint density at radius 2 is 2.00 bits per heavy atom. The van der Waals surface area contributed by atoms with Gasteiger partial charge in [0.2, 0.25) is 0 Å². The summed E-state index contributed by atoms with van der Waals surface area (Å²) in [4.78, 5) is 14.3. The van der Waals surface area contributed by atoms with E-state index in [0.717, 1.165) is 5.56 Å². The van der Waals surface area contributed by atoms with Crippen molar-refractivity contribution in [3.05, 3.63) is 82.9 Å². The van der Waals surface area contributed by atoms with Crippen LogP contribution in [0.3, 0.4) is 0 Å². The van der Waals surface area contributed by atoms with E-state index in [2.05, 4.69) is 6.58 Å². The third kappa shape index (κ3) is 3.83. The van der Waals surface area contributed by atoms with Gasteiger partial charge in [0.15, 0.2) is 0 Å². The van der Waals surface area contributed by atoms with E-state index in [1.807, 2.05) is 6.92 Å². The van der Waals surface area contributed by atoms with Crippen LogP contribution in [0.4, 0.5) is 13.6 Å². The van der Waals surface area contributed by atoms with Gasteiger partial charge in [-0.25, -0.2) is 13.6 Å². The molecule has 0 spiro atoms. The fraction of sp³-hybridized carbons (Fsp3) is 0.286. The molecule has 1 fully saturated rings. The van der Waals surface area contributed by atoms with Crippen LogP contribution in [0.15, 0.2) is 55.1 Å². The fourth-order valence-electron chi connectivity index (χ4n) is 3.42. The summed E-state index contributed by atoms with van der Waals surface area (Å²) in [6, 6.07) is 10.1. The van der Waals surface area contributed by atoms with Crippen LogP contribution in [0, 0.1) is 11.6 Å². The summed E-state index contributed by atoms with van der Waals surface area (Å²) < 4.78 is 32.9. The average Bonchev–Trinajstić information content (AvgIpc) is 2.64. The SMILES string of the molecule is C=CC[C@]1(c2ccc(F)cc2)CCN([C@H](C)c2ccc(Cl)c(F)c2)C(=O)O1. The van der Waals surface area contributed by atoms with Crippen LogP contribution in [0.1, 0.15) is 36.9 Å². The number of amides is 1. The summed E-state index contributed by atoms with van der Waals surface area (Å²) >= 11 is 5.73. The molecule has 3 nitrogen and oxygen atoms in total. The molecule has 0 unspecified atom stereocenters. The Hall–Kier alpha value is -2.40. The molecule has 2 aromatic rings. The monoisotopic (exact) mass is 391 g/mol. The molecule has 2 aromatic carbocycles. The smallest absolute Gasteiger partial charge is 0.411 e. The maximum absolute atomic E-state index is 13.8. The first kappa shape index (κ1) is 19.4. The Morgan fingerprint density at radius 3 is 2.59 bits per heavy atom. The predicted octanol–water partition coefficient (Wildman–Crippen LogP) is 5.99. The largest absolute Gasteiger partial charge is 0.437 e. The molecule has 0 aromatic heterocycles. The van der Waals surface area contributed by atoms with E-state index in [-0.39, 0.29) is 16.9 Å². The van der Waals surface area contributed by atoms with E-state index in [1.54, 1.807) is 29.2 Å². The zero-order valence-corrected chi connectivity index (χ0v) is 15.7. The lowest BCUT2D eigenvalue weighted by atomic mass is 9.85. The number of rotatable bonds is 5. The number of halogens is 3. The number of cyclic esters (lactones) is 1. The van der Waals surface area contributed by atoms with Gasteiger partial charge < -0.3 is 9.64 Å². The molecule has 1 saturated heterocycles. The van der Waals surface area contributed by atoms with Crippen LogP contribution in [0.5, 0.6) is 0 Å². The van der Waals surface area contributed by atoms with E-state index in [0.29, 0.717) is 24.9 Å². The van der Waals surface area contributed by atoms with Crippen molar-refractivity contribution in [1.82, 2.24) is 4.90 Å². The Bertz CT molecular complexity index is 856. The van der Waals surface area contributed by atoms with Crippen molar-refractivity contribution in [2.24, 2.45) is 0 Å². The molecule has 3 rings (SSSR count). The topological polar surface area (TPSA) is 29.5 Å². The second kappa shape index (κ2) is 7.69. The van der Waals surface area contributed by atoms with Crippen molar-refractivity contribution >= 4 is 17.7 Å². The van der Waals surface area contributed by atoms with E-state index in [4.69, 9.17) is 16.3 Å². The molecule has 2 atom stereocenters. The Balaban J connectivity index is 1.84. The van der Waals surface area contributed by atoms with Crippen LogP contribution in [-0.4, -0.2) is 17.5 Å². The highest BCUT2D eigenvalue weighted by Crippen LogP contribution is 2.40. The second-order valence-corrected chi connectivity index (χ2v) is 7.06. The Labute approximate surface area is 162 Å². The summed E-state index contributed by atoms with van der Waals surface area (Å²) in [5.41, 5.74) is 0.474. The van der Waals surface area contributed by atoms with Crippen molar-refractivity contribution in [1.29, 1.82) is 0 Å². The lowest BCUT2D eigenvalue weighted by Crippen LogP contribution is -2.48. The molecule has 0 saturated carbocycles. The van der Waals surface area contributed by atoms with Crippen molar-refractivity contribution < 1.29 is 18.3 Å². The maximum atomic E-state index is 13.8. The lowest BCUT2D eigenvalue weighted by molar-refractivity contribution is -0.0589. The first-order chi connectivity index (χ1) is 12.9. The van der Waals surface area contributed by atoms with Crippen molar-refractivity contribution in [2.75, 3.05) is 6.54 Å². The van der Waals surface area contributed by atoms with E-state index >= 15 is 0 Å². The molecule has 1 amide bonds. The number of ether oxygens (including phenoxy) is 1. The highest BCUT2D eigenvalue weighted by Gasteiger charge is 2.42. The van der Waals surface area contributed by atoms with Crippen LogP contribution >= 0.6 is 11.6 Å². The summed E-state index contributed by atoms with van der Waals surface area (Å²) in [6.07, 6.45) is 2.11. The van der Waals surface area contributed by atoms with Gasteiger partial charge in [0.25, 0.3) is 0 Å². The van der Waals surface area contributed by atoms with Gasteiger partial charge in [-0.3, -0.25) is 0 Å². The van der Waals surface area contributed by atoms with Gasteiger partial charge >= 0.3 is 6.09 Å². The molecule has 0 bridgehead atoms. The molecule has 27 heavy (non-hydrogen) atoms. The number of carbonyl (C=O) groups excluding carboxylic acids is 1. The average molecular weight is 392 g/mol. The van der Waals surface area contributed by atoms with E-state index in [9.17, 15) is 13.6 Å². The third-order valence-corrected chi connectivity index (χ3v) is 5.32. The molecule has 0 radical (unpaired) electrons. The highest BCUT2D eigenvalue weighted by atomic mass is 35.5. The van der Waals surface area contributed by atoms with Crippen LogP contribution in [0.25, 0.3) is 0 Å². The van der Waals surface area contributed by atoms with E-state index in [1.165, 1.54) is 24.3 Å². The number of carbonyl (C=O) groups is 1. The molecule has 1 heterocycles. The van der Waals surface area contributed by atoms with Gasteiger partial charge in [-0.1, -0.05) is 35.9 Å². The predicted molar refractivity (Wildman–Crippen MR) is 101 cm³/mol. The lowest BCUT2D eigenvalue weighted by Gasteiger charge is -2.43. The number of benzene rings is 2. The third-order valence-electron chi connectivity index (χ3n) is 5.01.